The third-order valence-electron chi connectivity index (χ3n) is 4.46. The highest BCUT2D eigenvalue weighted by Crippen LogP contribution is 2.48. The van der Waals surface area contributed by atoms with Crippen LogP contribution in [0.3, 0.4) is 0 Å². The molecule has 2 aromatic carbocycles. The number of hydrogen-bond acceptors (Lipinski definition) is 11. The molecular formula is C20H20NO9PS-2. The van der Waals surface area contributed by atoms with E-state index >= 15 is 0 Å². The molecule has 0 aliphatic rings. The maximum Gasteiger partial charge on any atom is 0.203 e. The maximum atomic E-state index is 11.3. The fraction of sp³-hybridized carbons (Fsp3) is 0.250. The molecule has 1 aromatic heterocycles. The molecule has 0 fully saturated rings. The topological polar surface area (TPSA) is 131 Å². The lowest BCUT2D eigenvalue weighted by Crippen LogP contribution is -2.19. The van der Waals surface area contributed by atoms with Crippen LogP contribution in [0, 0.1) is 0 Å². The van der Waals surface area contributed by atoms with Crippen LogP contribution in [-0.4, -0.2) is 39.9 Å². The number of benzene rings is 2. The summed E-state index contributed by atoms with van der Waals surface area (Å²) in [4.78, 5) is 23.2. The summed E-state index contributed by atoms with van der Waals surface area (Å²) in [5.41, 5.74) is 1.83. The van der Waals surface area contributed by atoms with Gasteiger partial charge < -0.3 is 42.6 Å². The Balaban J connectivity index is 2.20. The molecule has 0 saturated carbocycles. The minimum absolute atomic E-state index is 0.0271. The summed E-state index contributed by atoms with van der Waals surface area (Å²) in [6.07, 6.45) is 1.60. The van der Waals surface area contributed by atoms with E-state index < -0.39 is 7.82 Å². The Kier molecular flexibility index (Phi) is 7.15. The molecule has 10 nitrogen and oxygen atoms in total. The van der Waals surface area contributed by atoms with Gasteiger partial charge in [0.15, 0.2) is 23.0 Å². The molecule has 12 heteroatoms. The first-order valence-corrected chi connectivity index (χ1v) is 11.2. The Morgan fingerprint density at radius 1 is 0.750 bits per heavy atom. The molecule has 0 unspecified atom stereocenters. The fourth-order valence-corrected chi connectivity index (χ4v) is 4.27. The van der Waals surface area contributed by atoms with Gasteiger partial charge in [-0.15, -0.1) is 0 Å². The van der Waals surface area contributed by atoms with E-state index in [0.29, 0.717) is 33.9 Å². The Hall–Kier alpha value is -2.98. The lowest BCUT2D eigenvalue weighted by Gasteiger charge is -2.30. The second-order valence-corrected chi connectivity index (χ2v) is 8.11. The number of nitrogens with zero attached hydrogens (tertiary/aromatic N) is 1. The molecule has 3 aromatic rings. The molecule has 1 heterocycles. The highest BCUT2D eigenvalue weighted by atomic mass is 32.1. The van der Waals surface area contributed by atoms with Crippen molar-refractivity contribution >= 4 is 19.4 Å². The molecule has 0 atom stereocenters. The summed E-state index contributed by atoms with van der Waals surface area (Å²) in [6.45, 7) is 0. The molecule has 0 aliphatic carbocycles. The van der Waals surface area contributed by atoms with Crippen LogP contribution in [0.2, 0.25) is 0 Å². The third kappa shape index (κ3) is 4.76. The van der Waals surface area contributed by atoms with Gasteiger partial charge in [0.25, 0.3) is 0 Å². The number of hydrogen-bond donors (Lipinski definition) is 0. The molecular weight excluding hydrogens is 461 g/mol. The van der Waals surface area contributed by atoms with Crippen molar-refractivity contribution in [2.24, 2.45) is 0 Å². The third-order valence-corrected chi connectivity index (χ3v) is 5.73. The van der Waals surface area contributed by atoms with Crippen LogP contribution >= 0.6 is 19.4 Å². The van der Waals surface area contributed by atoms with Crippen molar-refractivity contribution in [3.8, 4) is 56.1 Å². The number of phosphoric acid groups is 1. The number of ether oxygens (including phenoxy) is 5. The van der Waals surface area contributed by atoms with E-state index in [1.54, 1.807) is 24.4 Å². The van der Waals surface area contributed by atoms with Gasteiger partial charge in [-0.05, 0) is 41.4 Å². The Bertz CT molecular complexity index is 1130. The number of phosphoric ester groups is 1. The number of aromatic nitrogens is 1. The first-order valence-electron chi connectivity index (χ1n) is 8.99. The van der Waals surface area contributed by atoms with Gasteiger partial charge >= 0.3 is 0 Å². The zero-order chi connectivity index (χ0) is 23.5. The summed E-state index contributed by atoms with van der Waals surface area (Å²) < 4.78 is 46.9. The molecule has 0 N–H and O–H groups in total. The van der Waals surface area contributed by atoms with Gasteiger partial charge in [0.1, 0.15) is 7.82 Å². The van der Waals surface area contributed by atoms with E-state index in [-0.39, 0.29) is 17.2 Å². The maximum absolute atomic E-state index is 11.3. The van der Waals surface area contributed by atoms with E-state index in [9.17, 15) is 14.4 Å². The first-order chi connectivity index (χ1) is 15.3. The normalized spacial score (nSPS) is 11.1. The fourth-order valence-electron chi connectivity index (χ4n) is 3.14. The first kappa shape index (κ1) is 23.7. The van der Waals surface area contributed by atoms with E-state index in [2.05, 4.69) is 8.90 Å². The highest BCUT2D eigenvalue weighted by molar-refractivity contribution is 7.43. The number of rotatable bonds is 9. The standard InChI is InChI=1S/C20H22NO9PS/c1-25-14-6-11(7-17(19(14)29-5)30-31(22,23)24)13-10-21-32-20(13)12-8-15(26-2)18(28-4)16(9-12)27-3/h6-10H,1-5H3,(H2,22,23,24)/p-2. The predicted octanol–water partition coefficient (Wildman–Crippen LogP) is 2.73. The number of methoxy groups -OCH3 is 5. The van der Waals surface area contributed by atoms with Crippen molar-refractivity contribution in [2.45, 2.75) is 0 Å². The van der Waals surface area contributed by atoms with Crippen LogP contribution < -0.4 is 38.0 Å². The Morgan fingerprint density at radius 3 is 1.69 bits per heavy atom. The van der Waals surface area contributed by atoms with Crippen molar-refractivity contribution in [3.63, 3.8) is 0 Å². The van der Waals surface area contributed by atoms with Gasteiger partial charge in [-0.3, -0.25) is 0 Å². The van der Waals surface area contributed by atoms with Crippen molar-refractivity contribution in [1.82, 2.24) is 4.37 Å². The van der Waals surface area contributed by atoms with Gasteiger partial charge in [-0.2, -0.15) is 4.37 Å². The van der Waals surface area contributed by atoms with Crippen LogP contribution in [0.5, 0.6) is 34.5 Å². The molecule has 0 saturated heterocycles. The summed E-state index contributed by atoms with van der Waals surface area (Å²) in [5.74, 6) is 1.20. The van der Waals surface area contributed by atoms with E-state index in [4.69, 9.17) is 23.7 Å². The SMILES string of the molecule is COc1cc(-c2sncc2-c2cc(OC)c(OC)c(OP(=O)([O-])[O-])c2)cc(OC)c1OC. The zero-order valence-electron chi connectivity index (χ0n) is 17.9. The lowest BCUT2D eigenvalue weighted by atomic mass is 10.0. The Labute approximate surface area is 188 Å². The van der Waals surface area contributed by atoms with Crippen molar-refractivity contribution in [3.05, 3.63) is 30.5 Å². The molecule has 0 aliphatic heterocycles. The molecule has 0 radical (unpaired) electrons. The average molecular weight is 481 g/mol. The largest absolute Gasteiger partial charge is 0.780 e. The Morgan fingerprint density at radius 2 is 1.22 bits per heavy atom. The molecule has 3 rings (SSSR count). The second-order valence-electron chi connectivity index (χ2n) is 6.23. The van der Waals surface area contributed by atoms with Crippen LogP contribution in [0.15, 0.2) is 30.5 Å². The summed E-state index contributed by atoms with van der Waals surface area (Å²) in [6, 6.07) is 6.52. The minimum atomic E-state index is -5.35. The van der Waals surface area contributed by atoms with E-state index in [0.717, 1.165) is 4.88 Å². The van der Waals surface area contributed by atoms with Crippen molar-refractivity contribution < 1.29 is 42.6 Å². The van der Waals surface area contributed by atoms with E-state index in [1.165, 1.54) is 53.1 Å². The lowest BCUT2D eigenvalue weighted by molar-refractivity contribution is -0.333. The van der Waals surface area contributed by atoms with Crippen molar-refractivity contribution in [2.75, 3.05) is 35.5 Å². The predicted molar refractivity (Wildman–Crippen MR) is 114 cm³/mol. The van der Waals surface area contributed by atoms with Gasteiger partial charge in [0, 0.05) is 17.3 Å². The monoisotopic (exact) mass is 481 g/mol. The van der Waals surface area contributed by atoms with Crippen LogP contribution in [0.1, 0.15) is 0 Å². The van der Waals surface area contributed by atoms with Crippen LogP contribution in [-0.2, 0) is 4.57 Å². The molecule has 0 spiro atoms. The van der Waals surface area contributed by atoms with Crippen LogP contribution in [0.4, 0.5) is 0 Å². The van der Waals surface area contributed by atoms with Gasteiger partial charge in [-0.1, -0.05) is 0 Å². The summed E-state index contributed by atoms with van der Waals surface area (Å²) >= 11 is 1.20. The van der Waals surface area contributed by atoms with E-state index in [1.807, 2.05) is 0 Å². The molecule has 0 amide bonds. The van der Waals surface area contributed by atoms with Gasteiger partial charge in [0.2, 0.25) is 11.5 Å². The smallest absolute Gasteiger partial charge is 0.203 e. The minimum Gasteiger partial charge on any atom is -0.780 e. The zero-order valence-corrected chi connectivity index (χ0v) is 19.6. The second kappa shape index (κ2) is 9.66. The van der Waals surface area contributed by atoms with Gasteiger partial charge in [-0.25, -0.2) is 0 Å². The van der Waals surface area contributed by atoms with Crippen LogP contribution in [0.25, 0.3) is 21.6 Å². The summed E-state index contributed by atoms with van der Waals surface area (Å²) in [7, 11) is 1.86. The van der Waals surface area contributed by atoms with Crippen molar-refractivity contribution in [1.29, 1.82) is 0 Å². The molecule has 172 valence electrons. The summed E-state index contributed by atoms with van der Waals surface area (Å²) in [5, 5.41) is 0. The molecule has 0 bridgehead atoms. The van der Waals surface area contributed by atoms with Gasteiger partial charge in [0.05, 0.1) is 40.4 Å². The molecule has 32 heavy (non-hydrogen) atoms. The quantitative estimate of drug-likeness (QED) is 0.420. The highest BCUT2D eigenvalue weighted by Gasteiger charge is 2.21. The average Bonchev–Trinajstić information content (AvgIpc) is 3.26.